The number of halogens is 2. The van der Waals surface area contributed by atoms with Crippen molar-refractivity contribution in [3.05, 3.63) is 16.3 Å². The second kappa shape index (κ2) is 5.75. The zero-order chi connectivity index (χ0) is 14.0. The van der Waals surface area contributed by atoms with Crippen LogP contribution in [0.25, 0.3) is 10.2 Å². The van der Waals surface area contributed by atoms with E-state index in [9.17, 15) is 8.78 Å². The Kier molecular flexibility index (Phi) is 4.26. The van der Waals surface area contributed by atoms with E-state index in [2.05, 4.69) is 15.3 Å². The minimum Gasteiger partial charge on any atom is -0.372 e. The third-order valence-electron chi connectivity index (χ3n) is 2.79. The summed E-state index contributed by atoms with van der Waals surface area (Å²) in [7, 11) is 1.78. The van der Waals surface area contributed by atoms with Crippen LogP contribution in [0.1, 0.15) is 16.3 Å². The molecule has 2 aromatic rings. The lowest BCUT2D eigenvalue weighted by Crippen LogP contribution is -2.07. The Hall–Kier alpha value is -1.34. The predicted octanol–water partition coefficient (Wildman–Crippen LogP) is 3.13. The van der Waals surface area contributed by atoms with E-state index in [1.807, 2.05) is 13.8 Å². The number of alkyl halides is 2. The summed E-state index contributed by atoms with van der Waals surface area (Å²) in [5.41, 5.74) is 1.14. The maximum Gasteiger partial charge on any atom is 0.261 e. The van der Waals surface area contributed by atoms with Crippen molar-refractivity contribution in [3.63, 3.8) is 0 Å². The van der Waals surface area contributed by atoms with E-state index in [4.69, 9.17) is 4.74 Å². The number of aryl methyl sites for hydroxylation is 2. The van der Waals surface area contributed by atoms with E-state index >= 15 is 0 Å². The number of anilines is 1. The number of thiophene rings is 1. The number of hydrogen-bond donors (Lipinski definition) is 1. The van der Waals surface area contributed by atoms with Crippen LogP contribution in [0, 0.1) is 13.8 Å². The van der Waals surface area contributed by atoms with Gasteiger partial charge in [-0.1, -0.05) is 0 Å². The highest BCUT2D eigenvalue weighted by molar-refractivity contribution is 7.18. The summed E-state index contributed by atoms with van der Waals surface area (Å²) in [5, 5.41) is 4.00. The molecule has 0 unspecified atom stereocenters. The van der Waals surface area contributed by atoms with E-state index in [1.54, 1.807) is 18.4 Å². The normalized spacial score (nSPS) is 11.5. The van der Waals surface area contributed by atoms with Crippen LogP contribution in [0.4, 0.5) is 14.6 Å². The number of ether oxygens (including phenoxy) is 1. The smallest absolute Gasteiger partial charge is 0.261 e. The Bertz CT molecular complexity index is 586. The second-order valence-electron chi connectivity index (χ2n) is 4.11. The zero-order valence-corrected chi connectivity index (χ0v) is 11.8. The Morgan fingerprint density at radius 1 is 1.32 bits per heavy atom. The molecule has 4 nitrogen and oxygen atoms in total. The Morgan fingerprint density at radius 2 is 2.05 bits per heavy atom. The molecule has 104 valence electrons. The lowest BCUT2D eigenvalue weighted by molar-refractivity contribution is 0.00782. The Morgan fingerprint density at radius 3 is 2.68 bits per heavy atom. The minimum absolute atomic E-state index is 0.00897. The van der Waals surface area contributed by atoms with Crippen LogP contribution in [0.2, 0.25) is 0 Å². The third kappa shape index (κ3) is 2.98. The molecule has 0 spiro atoms. The summed E-state index contributed by atoms with van der Waals surface area (Å²) in [5.74, 6) is 1.13. The SMILES string of the molecule is CNc1nc(COCC(F)F)nc2sc(C)c(C)c12. The summed E-state index contributed by atoms with van der Waals surface area (Å²) in [6, 6.07) is 0. The van der Waals surface area contributed by atoms with E-state index < -0.39 is 13.0 Å². The van der Waals surface area contributed by atoms with Gasteiger partial charge in [0, 0.05) is 11.9 Å². The molecule has 0 aliphatic carbocycles. The maximum atomic E-state index is 12.0. The number of aromatic nitrogens is 2. The van der Waals surface area contributed by atoms with Gasteiger partial charge in [-0.25, -0.2) is 18.7 Å². The van der Waals surface area contributed by atoms with Gasteiger partial charge in [-0.2, -0.15) is 0 Å². The molecule has 0 aliphatic heterocycles. The molecule has 1 N–H and O–H groups in total. The molecule has 0 saturated carbocycles. The van der Waals surface area contributed by atoms with Crippen LogP contribution >= 0.6 is 11.3 Å². The van der Waals surface area contributed by atoms with Crippen LogP contribution < -0.4 is 5.32 Å². The van der Waals surface area contributed by atoms with Gasteiger partial charge in [0.25, 0.3) is 6.43 Å². The van der Waals surface area contributed by atoms with Crippen molar-refractivity contribution in [1.29, 1.82) is 0 Å². The van der Waals surface area contributed by atoms with Crippen LogP contribution in [-0.4, -0.2) is 30.0 Å². The molecule has 2 aromatic heterocycles. The van der Waals surface area contributed by atoms with E-state index in [1.165, 1.54) is 4.88 Å². The van der Waals surface area contributed by atoms with E-state index in [0.29, 0.717) is 11.6 Å². The number of rotatable bonds is 5. The van der Waals surface area contributed by atoms with Gasteiger partial charge in [0.1, 0.15) is 23.9 Å². The van der Waals surface area contributed by atoms with Gasteiger partial charge in [0.05, 0.1) is 5.39 Å². The van der Waals surface area contributed by atoms with Crippen molar-refractivity contribution in [2.45, 2.75) is 26.9 Å². The number of nitrogens with zero attached hydrogens (tertiary/aromatic N) is 2. The van der Waals surface area contributed by atoms with Crippen molar-refractivity contribution in [3.8, 4) is 0 Å². The fourth-order valence-electron chi connectivity index (χ4n) is 1.78. The lowest BCUT2D eigenvalue weighted by Gasteiger charge is -2.07. The largest absolute Gasteiger partial charge is 0.372 e. The summed E-state index contributed by atoms with van der Waals surface area (Å²) < 4.78 is 28.9. The molecule has 0 atom stereocenters. The highest BCUT2D eigenvalue weighted by Gasteiger charge is 2.14. The van der Waals surface area contributed by atoms with E-state index in [0.717, 1.165) is 15.8 Å². The molecule has 0 radical (unpaired) electrons. The minimum atomic E-state index is -2.47. The van der Waals surface area contributed by atoms with Crippen LogP contribution in [0.5, 0.6) is 0 Å². The van der Waals surface area contributed by atoms with Crippen LogP contribution in [-0.2, 0) is 11.3 Å². The van der Waals surface area contributed by atoms with Gasteiger partial charge >= 0.3 is 0 Å². The number of fused-ring (bicyclic) bond motifs is 1. The molecule has 0 aliphatic rings. The van der Waals surface area contributed by atoms with Crippen molar-refractivity contribution in [2.24, 2.45) is 0 Å². The number of hydrogen-bond acceptors (Lipinski definition) is 5. The summed E-state index contributed by atoms with van der Waals surface area (Å²) >= 11 is 1.57. The van der Waals surface area contributed by atoms with Gasteiger partial charge in [-0.3, -0.25) is 0 Å². The quantitative estimate of drug-likeness (QED) is 0.917. The topological polar surface area (TPSA) is 47.0 Å². The molecule has 0 bridgehead atoms. The van der Waals surface area contributed by atoms with Crippen molar-refractivity contribution < 1.29 is 13.5 Å². The second-order valence-corrected chi connectivity index (χ2v) is 5.31. The summed E-state index contributed by atoms with van der Waals surface area (Å²) in [4.78, 5) is 10.7. The zero-order valence-electron chi connectivity index (χ0n) is 11.0. The first-order chi connectivity index (χ1) is 9.02. The molecule has 0 fully saturated rings. The highest BCUT2D eigenvalue weighted by Crippen LogP contribution is 2.33. The molecule has 7 heteroatoms. The first-order valence-corrected chi connectivity index (χ1v) is 6.64. The molecular weight excluding hydrogens is 272 g/mol. The molecule has 0 aromatic carbocycles. The summed E-state index contributed by atoms with van der Waals surface area (Å²) in [6.07, 6.45) is -2.47. The third-order valence-corrected chi connectivity index (χ3v) is 3.89. The van der Waals surface area contributed by atoms with Crippen molar-refractivity contribution in [2.75, 3.05) is 19.0 Å². The van der Waals surface area contributed by atoms with Crippen molar-refractivity contribution in [1.82, 2.24) is 9.97 Å². The highest BCUT2D eigenvalue weighted by atomic mass is 32.1. The molecule has 0 amide bonds. The first kappa shape index (κ1) is 14.1. The fourth-order valence-corrected chi connectivity index (χ4v) is 2.83. The predicted molar refractivity (Wildman–Crippen MR) is 72.1 cm³/mol. The molecule has 2 rings (SSSR count). The Balaban J connectivity index is 2.32. The lowest BCUT2D eigenvalue weighted by atomic mass is 10.2. The van der Waals surface area contributed by atoms with Gasteiger partial charge < -0.3 is 10.1 Å². The molecule has 19 heavy (non-hydrogen) atoms. The van der Waals surface area contributed by atoms with Gasteiger partial charge in [-0.05, 0) is 19.4 Å². The van der Waals surface area contributed by atoms with Gasteiger partial charge in [0.15, 0.2) is 5.82 Å². The number of nitrogens with one attached hydrogen (secondary N) is 1. The van der Waals surface area contributed by atoms with Gasteiger partial charge in [-0.15, -0.1) is 11.3 Å². The standard InChI is InChI=1S/C12H15F2N3OS/c1-6-7(2)19-12-10(6)11(15-3)16-9(17-12)5-18-4-8(13)14/h8H,4-5H2,1-3H3,(H,15,16,17). The summed E-state index contributed by atoms with van der Waals surface area (Å²) in [6.45, 7) is 3.43. The van der Waals surface area contributed by atoms with Crippen molar-refractivity contribution >= 4 is 27.4 Å². The van der Waals surface area contributed by atoms with Crippen LogP contribution in [0.3, 0.4) is 0 Å². The average molecular weight is 287 g/mol. The fraction of sp³-hybridized carbons (Fsp3) is 0.500. The first-order valence-electron chi connectivity index (χ1n) is 5.83. The Labute approximate surface area is 113 Å². The average Bonchev–Trinajstić information content (AvgIpc) is 2.64. The maximum absolute atomic E-state index is 12.0. The molecule has 0 saturated heterocycles. The van der Waals surface area contributed by atoms with Gasteiger partial charge in [0.2, 0.25) is 0 Å². The van der Waals surface area contributed by atoms with Crippen LogP contribution in [0.15, 0.2) is 0 Å². The monoisotopic (exact) mass is 287 g/mol. The molecule has 2 heterocycles. The van der Waals surface area contributed by atoms with E-state index in [-0.39, 0.29) is 6.61 Å². The molecular formula is C12H15F2N3OS.